The third kappa shape index (κ3) is 2.54. The van der Waals surface area contributed by atoms with Crippen molar-refractivity contribution in [2.45, 2.75) is 18.2 Å². The Labute approximate surface area is 123 Å². The number of ether oxygens (including phenoxy) is 1. The minimum atomic E-state index is -3.64. The summed E-state index contributed by atoms with van der Waals surface area (Å²) in [4.78, 5) is 0.230. The minimum Gasteiger partial charge on any atom is -0.493 e. The Balaban J connectivity index is 1.96. The van der Waals surface area contributed by atoms with E-state index in [2.05, 4.69) is 4.72 Å². The molecular formula is C15H16N2O3S. The highest BCUT2D eigenvalue weighted by Gasteiger charge is 2.20. The number of benzene rings is 2. The van der Waals surface area contributed by atoms with E-state index in [9.17, 15) is 8.42 Å². The summed E-state index contributed by atoms with van der Waals surface area (Å²) in [6, 6.07) is 10.1. The van der Waals surface area contributed by atoms with Gasteiger partial charge in [-0.25, -0.2) is 8.42 Å². The Morgan fingerprint density at radius 2 is 2.05 bits per heavy atom. The second-order valence-electron chi connectivity index (χ2n) is 4.99. The van der Waals surface area contributed by atoms with Crippen LogP contribution < -0.4 is 15.2 Å². The van der Waals surface area contributed by atoms with Crippen LogP contribution in [0.5, 0.6) is 5.75 Å². The van der Waals surface area contributed by atoms with Crippen LogP contribution >= 0.6 is 0 Å². The van der Waals surface area contributed by atoms with Gasteiger partial charge in [0, 0.05) is 12.1 Å². The molecule has 6 heteroatoms. The summed E-state index contributed by atoms with van der Waals surface area (Å²) < 4.78 is 32.9. The lowest BCUT2D eigenvalue weighted by Crippen LogP contribution is -2.14. The molecule has 0 aromatic heterocycles. The van der Waals surface area contributed by atoms with Crippen molar-refractivity contribution >= 4 is 21.4 Å². The van der Waals surface area contributed by atoms with Crippen molar-refractivity contribution in [3.8, 4) is 5.75 Å². The van der Waals surface area contributed by atoms with Crippen LogP contribution in [0.2, 0.25) is 0 Å². The first-order valence-electron chi connectivity index (χ1n) is 6.61. The minimum absolute atomic E-state index is 0.230. The Kier molecular flexibility index (Phi) is 3.25. The molecule has 0 radical (unpaired) electrons. The molecule has 0 aliphatic carbocycles. The standard InChI is InChI=1S/C15H16N2O3S/c1-10-13(16)3-2-4-14(10)17-21(18,19)12-5-6-15-11(9-12)7-8-20-15/h2-6,9,17H,7-8,16H2,1H3. The normalized spacial score (nSPS) is 13.6. The topological polar surface area (TPSA) is 81.4 Å². The monoisotopic (exact) mass is 304 g/mol. The third-order valence-corrected chi connectivity index (χ3v) is 4.95. The number of fused-ring (bicyclic) bond motifs is 1. The van der Waals surface area contributed by atoms with Gasteiger partial charge in [-0.2, -0.15) is 0 Å². The SMILES string of the molecule is Cc1c(N)cccc1NS(=O)(=O)c1ccc2c(c1)CCO2. The zero-order valence-corrected chi connectivity index (χ0v) is 12.4. The molecule has 1 aliphatic heterocycles. The molecule has 0 spiro atoms. The fraction of sp³-hybridized carbons (Fsp3) is 0.200. The lowest BCUT2D eigenvalue weighted by Gasteiger charge is -2.12. The van der Waals surface area contributed by atoms with Crippen molar-refractivity contribution in [3.05, 3.63) is 47.5 Å². The third-order valence-electron chi connectivity index (χ3n) is 3.59. The lowest BCUT2D eigenvalue weighted by molar-refractivity contribution is 0.356. The van der Waals surface area contributed by atoms with Crippen LogP contribution in [0.1, 0.15) is 11.1 Å². The van der Waals surface area contributed by atoms with E-state index in [-0.39, 0.29) is 4.90 Å². The largest absolute Gasteiger partial charge is 0.493 e. The van der Waals surface area contributed by atoms with Crippen molar-refractivity contribution in [2.75, 3.05) is 17.1 Å². The highest BCUT2D eigenvalue weighted by atomic mass is 32.2. The Morgan fingerprint density at radius 1 is 1.24 bits per heavy atom. The predicted molar refractivity (Wildman–Crippen MR) is 82.0 cm³/mol. The highest BCUT2D eigenvalue weighted by molar-refractivity contribution is 7.92. The average Bonchev–Trinajstić information content (AvgIpc) is 2.91. The average molecular weight is 304 g/mol. The van der Waals surface area contributed by atoms with Crippen molar-refractivity contribution < 1.29 is 13.2 Å². The van der Waals surface area contributed by atoms with Gasteiger partial charge in [0.05, 0.1) is 17.2 Å². The predicted octanol–water partition coefficient (Wildman–Crippen LogP) is 2.31. The van der Waals surface area contributed by atoms with Gasteiger partial charge in [0.15, 0.2) is 0 Å². The molecule has 2 aromatic rings. The van der Waals surface area contributed by atoms with Gasteiger partial charge in [-0.05, 0) is 48.4 Å². The smallest absolute Gasteiger partial charge is 0.261 e. The van der Waals surface area contributed by atoms with Gasteiger partial charge in [0.2, 0.25) is 0 Å². The fourth-order valence-corrected chi connectivity index (χ4v) is 3.47. The first kappa shape index (κ1) is 13.8. The molecule has 3 rings (SSSR count). The molecule has 110 valence electrons. The van der Waals surface area contributed by atoms with Crippen LogP contribution in [0, 0.1) is 6.92 Å². The molecule has 0 saturated heterocycles. The summed E-state index contributed by atoms with van der Waals surface area (Å²) >= 11 is 0. The number of nitrogens with two attached hydrogens (primary N) is 1. The second-order valence-corrected chi connectivity index (χ2v) is 6.68. The van der Waals surface area contributed by atoms with E-state index in [4.69, 9.17) is 10.5 Å². The van der Waals surface area contributed by atoms with Crippen molar-refractivity contribution in [1.82, 2.24) is 0 Å². The van der Waals surface area contributed by atoms with Gasteiger partial charge in [-0.1, -0.05) is 6.07 Å². The molecule has 2 aromatic carbocycles. The number of hydrogen-bond acceptors (Lipinski definition) is 4. The van der Waals surface area contributed by atoms with Crippen molar-refractivity contribution in [3.63, 3.8) is 0 Å². The molecule has 0 saturated carbocycles. The van der Waals surface area contributed by atoms with Gasteiger partial charge in [-0.15, -0.1) is 0 Å². The van der Waals surface area contributed by atoms with Gasteiger partial charge in [-0.3, -0.25) is 4.72 Å². The van der Waals surface area contributed by atoms with E-state index in [1.165, 1.54) is 0 Å². The van der Waals surface area contributed by atoms with E-state index in [1.54, 1.807) is 43.3 Å². The first-order chi connectivity index (χ1) is 9.97. The number of nitrogen functional groups attached to an aromatic ring is 1. The maximum atomic E-state index is 12.5. The lowest BCUT2D eigenvalue weighted by atomic mass is 10.2. The van der Waals surface area contributed by atoms with Gasteiger partial charge < -0.3 is 10.5 Å². The van der Waals surface area contributed by atoms with E-state index in [0.29, 0.717) is 23.5 Å². The molecule has 1 heterocycles. The fourth-order valence-electron chi connectivity index (χ4n) is 2.30. The number of sulfonamides is 1. The number of anilines is 2. The summed E-state index contributed by atoms with van der Waals surface area (Å²) in [6.07, 6.45) is 0.732. The number of rotatable bonds is 3. The van der Waals surface area contributed by atoms with Gasteiger partial charge in [0.1, 0.15) is 5.75 Å². The summed E-state index contributed by atoms with van der Waals surface area (Å²) in [6.45, 7) is 2.38. The molecule has 21 heavy (non-hydrogen) atoms. The Morgan fingerprint density at radius 3 is 2.86 bits per heavy atom. The quantitative estimate of drug-likeness (QED) is 0.853. The molecule has 0 fully saturated rings. The molecule has 0 amide bonds. The van der Waals surface area contributed by atoms with Crippen molar-refractivity contribution in [1.29, 1.82) is 0 Å². The summed E-state index contributed by atoms with van der Waals surface area (Å²) in [7, 11) is -3.64. The summed E-state index contributed by atoms with van der Waals surface area (Å²) in [5, 5.41) is 0. The molecular weight excluding hydrogens is 288 g/mol. The molecule has 0 atom stereocenters. The highest BCUT2D eigenvalue weighted by Crippen LogP contribution is 2.29. The van der Waals surface area contributed by atoms with Crippen LogP contribution in [0.3, 0.4) is 0 Å². The van der Waals surface area contributed by atoms with Crippen molar-refractivity contribution in [2.24, 2.45) is 0 Å². The first-order valence-corrected chi connectivity index (χ1v) is 8.09. The molecule has 5 nitrogen and oxygen atoms in total. The van der Waals surface area contributed by atoms with E-state index in [0.717, 1.165) is 17.7 Å². The summed E-state index contributed by atoms with van der Waals surface area (Å²) in [5.41, 5.74) is 8.48. The van der Waals surface area contributed by atoms with Crippen LogP contribution in [0.15, 0.2) is 41.3 Å². The number of hydrogen-bond donors (Lipinski definition) is 2. The van der Waals surface area contributed by atoms with E-state index in [1.807, 2.05) is 0 Å². The molecule has 1 aliphatic rings. The van der Waals surface area contributed by atoms with Gasteiger partial charge >= 0.3 is 0 Å². The van der Waals surface area contributed by atoms with Crippen LogP contribution in [0.25, 0.3) is 0 Å². The maximum absolute atomic E-state index is 12.5. The zero-order valence-electron chi connectivity index (χ0n) is 11.6. The van der Waals surface area contributed by atoms with Crippen LogP contribution in [0.4, 0.5) is 11.4 Å². The Bertz CT molecular complexity index is 801. The van der Waals surface area contributed by atoms with E-state index >= 15 is 0 Å². The second kappa shape index (κ2) is 4.96. The van der Waals surface area contributed by atoms with Crippen LogP contribution in [-0.4, -0.2) is 15.0 Å². The summed E-state index contributed by atoms with van der Waals surface area (Å²) in [5.74, 6) is 0.758. The molecule has 3 N–H and O–H groups in total. The van der Waals surface area contributed by atoms with Gasteiger partial charge in [0.25, 0.3) is 10.0 Å². The molecule has 0 bridgehead atoms. The maximum Gasteiger partial charge on any atom is 0.261 e. The van der Waals surface area contributed by atoms with Crippen LogP contribution in [-0.2, 0) is 16.4 Å². The number of nitrogens with one attached hydrogen (secondary N) is 1. The molecule has 0 unspecified atom stereocenters. The Hall–Kier alpha value is -2.21. The van der Waals surface area contributed by atoms with E-state index < -0.39 is 10.0 Å². The zero-order chi connectivity index (χ0) is 15.0.